The fourth-order valence-electron chi connectivity index (χ4n) is 0. The Kier molecular flexibility index (Phi) is 28.7. The van der Waals surface area contributed by atoms with Crippen molar-refractivity contribution in [3.05, 3.63) is 12.7 Å². The summed E-state index contributed by atoms with van der Waals surface area (Å²) >= 11 is 0.230. The molecule has 0 N–H and O–H groups in total. The first kappa shape index (κ1) is 9.74. The molecule has 0 heterocycles. The summed E-state index contributed by atoms with van der Waals surface area (Å²) < 4.78 is 0. The van der Waals surface area contributed by atoms with Crippen LogP contribution in [0.1, 0.15) is 6.92 Å². The molecule has 0 aromatic carbocycles. The number of allylic oxidation sites excluding steroid dienone is 1. The molecule has 0 saturated carbocycles. The van der Waals surface area contributed by atoms with Crippen LogP contribution in [0.3, 0.4) is 0 Å². The van der Waals surface area contributed by atoms with E-state index in [1.54, 1.807) is 6.08 Å². The topological polar surface area (TPSA) is 0 Å². The van der Waals surface area contributed by atoms with E-state index in [4.69, 9.17) is 0 Å². The Labute approximate surface area is 50.9 Å². The summed E-state index contributed by atoms with van der Waals surface area (Å²) in [6.45, 7) is 5.25. The van der Waals surface area contributed by atoms with Crippen LogP contribution in [0.25, 0.3) is 0 Å². The van der Waals surface area contributed by atoms with Gasteiger partial charge in [-0.25, -0.2) is 0 Å². The first-order valence-electron chi connectivity index (χ1n) is 1.99. The summed E-state index contributed by atoms with van der Waals surface area (Å²) in [5, 5.41) is 0. The van der Waals surface area contributed by atoms with Crippen LogP contribution >= 0.6 is 0 Å². The monoisotopic (exact) mass is 192 g/mol. The summed E-state index contributed by atoms with van der Waals surface area (Å²) in [6.07, 6.45) is 1.75. The van der Waals surface area contributed by atoms with Gasteiger partial charge in [-0.3, -0.25) is 0 Å². The Morgan fingerprint density at radius 3 is 1.50 bits per heavy atom. The van der Waals surface area contributed by atoms with Crippen molar-refractivity contribution in [1.82, 2.24) is 0 Å². The van der Waals surface area contributed by atoms with E-state index >= 15 is 0 Å². The Balaban J connectivity index is 0. The van der Waals surface area contributed by atoms with Crippen LogP contribution in [0.2, 0.25) is 9.88 Å². The number of hydrogen-bond acceptors (Lipinski definition) is 0. The van der Waals surface area contributed by atoms with Crippen LogP contribution in [0.4, 0.5) is 0 Å². The van der Waals surface area contributed by atoms with Crippen molar-refractivity contribution in [1.29, 1.82) is 0 Å². The Morgan fingerprint density at radius 2 is 1.50 bits per heavy atom. The third-order valence-corrected chi connectivity index (χ3v) is 0. The van der Waals surface area contributed by atoms with Crippen LogP contribution in [0.15, 0.2) is 12.7 Å². The van der Waals surface area contributed by atoms with Gasteiger partial charge in [0.05, 0.1) is 0 Å². The van der Waals surface area contributed by atoms with E-state index in [1.165, 1.54) is 0 Å². The van der Waals surface area contributed by atoms with Crippen LogP contribution in [0.5, 0.6) is 0 Å². The standard InChI is InChI=1S/C3H6.2CH3.Sn/c1-3-2;;;/h3H,1H2,2H3;2*1H3;. The van der Waals surface area contributed by atoms with Gasteiger partial charge in [0.15, 0.2) is 0 Å². The van der Waals surface area contributed by atoms with Gasteiger partial charge < -0.3 is 0 Å². The third kappa shape index (κ3) is 196. The zero-order valence-corrected chi connectivity index (χ0v) is 7.64. The molecule has 36 valence electrons. The first-order chi connectivity index (χ1) is 2.83. The molecular formula is C5H12Sn. The molecule has 0 saturated heterocycles. The quantitative estimate of drug-likeness (QED) is 0.405. The number of rotatable bonds is 0. The van der Waals surface area contributed by atoms with Crippen LogP contribution < -0.4 is 0 Å². The van der Waals surface area contributed by atoms with Gasteiger partial charge >= 0.3 is 31.0 Å². The predicted molar refractivity (Wildman–Crippen MR) is 33.4 cm³/mol. The molecule has 0 aromatic heterocycles. The molecule has 0 aliphatic heterocycles. The van der Waals surface area contributed by atoms with Crippen molar-refractivity contribution in [2.24, 2.45) is 0 Å². The van der Waals surface area contributed by atoms with Crippen LogP contribution in [-0.4, -0.2) is 21.1 Å². The maximum absolute atomic E-state index is 3.36. The second kappa shape index (κ2) is 17.7. The molecule has 0 aromatic rings. The summed E-state index contributed by atoms with van der Waals surface area (Å²) in [5.74, 6) is 0. The van der Waals surface area contributed by atoms with Gasteiger partial charge in [0.1, 0.15) is 0 Å². The summed E-state index contributed by atoms with van der Waals surface area (Å²) in [7, 11) is 0. The fourth-order valence-corrected chi connectivity index (χ4v) is 0. The Hall–Kier alpha value is 0.539. The predicted octanol–water partition coefficient (Wildman–Crippen LogP) is 1.98. The molecule has 0 atom stereocenters. The maximum atomic E-state index is 3.36. The second-order valence-electron chi connectivity index (χ2n) is 0.908. The summed E-state index contributed by atoms with van der Waals surface area (Å²) in [4.78, 5) is 4.59. The van der Waals surface area contributed by atoms with Crippen molar-refractivity contribution < 1.29 is 0 Å². The molecule has 2 radical (unpaired) electrons. The molecular weight excluding hydrogens is 179 g/mol. The van der Waals surface area contributed by atoms with Gasteiger partial charge in [-0.15, -0.1) is 6.58 Å². The summed E-state index contributed by atoms with van der Waals surface area (Å²) in [5.41, 5.74) is 0. The molecule has 1 heteroatoms. The molecule has 0 rings (SSSR count). The van der Waals surface area contributed by atoms with E-state index < -0.39 is 0 Å². The van der Waals surface area contributed by atoms with Crippen molar-refractivity contribution >= 4 is 21.1 Å². The fraction of sp³-hybridized carbons (Fsp3) is 0.600. The average Bonchev–Trinajstić information content (AvgIpc) is 1.39. The molecule has 0 bridgehead atoms. The second-order valence-corrected chi connectivity index (χ2v) is 3.76. The van der Waals surface area contributed by atoms with Gasteiger partial charge in [0, 0.05) is 0 Å². The van der Waals surface area contributed by atoms with Crippen LogP contribution in [0, 0.1) is 0 Å². The van der Waals surface area contributed by atoms with Gasteiger partial charge in [-0.05, 0) is 6.92 Å². The van der Waals surface area contributed by atoms with Crippen molar-refractivity contribution in [2.75, 3.05) is 0 Å². The van der Waals surface area contributed by atoms with E-state index in [0.29, 0.717) is 0 Å². The minimum atomic E-state index is 0.230. The Morgan fingerprint density at radius 1 is 1.50 bits per heavy atom. The summed E-state index contributed by atoms with van der Waals surface area (Å²) in [6, 6.07) is 0. The molecule has 0 aliphatic rings. The normalized spacial score (nSPS) is 5.17. The zero-order valence-electron chi connectivity index (χ0n) is 4.78. The van der Waals surface area contributed by atoms with E-state index in [-0.39, 0.29) is 21.1 Å². The molecule has 0 nitrogen and oxygen atoms in total. The van der Waals surface area contributed by atoms with E-state index in [9.17, 15) is 0 Å². The third-order valence-electron chi connectivity index (χ3n) is 0. The molecule has 0 spiro atoms. The van der Waals surface area contributed by atoms with E-state index in [1.807, 2.05) is 6.92 Å². The minimum absolute atomic E-state index is 0.230. The van der Waals surface area contributed by atoms with Gasteiger partial charge in [-0.1, -0.05) is 6.08 Å². The van der Waals surface area contributed by atoms with E-state index in [0.717, 1.165) is 0 Å². The van der Waals surface area contributed by atoms with E-state index in [2.05, 4.69) is 16.5 Å². The van der Waals surface area contributed by atoms with Crippen molar-refractivity contribution in [2.45, 2.75) is 16.8 Å². The zero-order chi connectivity index (χ0) is 5.41. The molecule has 6 heavy (non-hydrogen) atoms. The Bertz CT molecular complexity index is 17.9. The van der Waals surface area contributed by atoms with Gasteiger partial charge in [0.25, 0.3) is 0 Å². The van der Waals surface area contributed by atoms with Crippen LogP contribution in [-0.2, 0) is 0 Å². The van der Waals surface area contributed by atoms with Gasteiger partial charge in [-0.2, -0.15) is 0 Å². The average molecular weight is 191 g/mol. The molecule has 0 fully saturated rings. The van der Waals surface area contributed by atoms with Crippen molar-refractivity contribution in [3.63, 3.8) is 0 Å². The number of hydrogen-bond donors (Lipinski definition) is 0. The molecule has 0 aliphatic carbocycles. The molecule has 0 amide bonds. The molecule has 0 unspecified atom stereocenters. The van der Waals surface area contributed by atoms with Gasteiger partial charge in [0.2, 0.25) is 0 Å². The van der Waals surface area contributed by atoms with Crippen molar-refractivity contribution in [3.8, 4) is 0 Å². The SMILES string of the molecule is C=CC.[CH3][Sn][CH3]. The first-order valence-corrected chi connectivity index (χ1v) is 7.69.